The van der Waals surface area contributed by atoms with Crippen LogP contribution in [0.15, 0.2) is 6.07 Å². The van der Waals surface area contributed by atoms with Crippen LogP contribution in [0.4, 0.5) is 0 Å². The van der Waals surface area contributed by atoms with Crippen LogP contribution in [-0.4, -0.2) is 43.5 Å². The van der Waals surface area contributed by atoms with Crippen LogP contribution < -0.4 is 5.73 Å². The van der Waals surface area contributed by atoms with E-state index in [4.69, 9.17) is 5.73 Å². The maximum absolute atomic E-state index is 5.73. The largest absolute Gasteiger partial charge is 0.326 e. The Balaban J connectivity index is 2.66. The summed E-state index contributed by atoms with van der Waals surface area (Å²) < 4.78 is 0. The summed E-state index contributed by atoms with van der Waals surface area (Å²) in [5, 5.41) is 0. The average Bonchev–Trinajstić information content (AvgIpc) is 2.66. The fourth-order valence-corrected chi connectivity index (χ4v) is 3.11. The Morgan fingerprint density at radius 1 is 1.26 bits per heavy atom. The van der Waals surface area contributed by atoms with Crippen LogP contribution in [0.3, 0.4) is 0 Å². The lowest BCUT2D eigenvalue weighted by Crippen LogP contribution is -2.34. The Morgan fingerprint density at radius 3 is 2.42 bits per heavy atom. The summed E-state index contributed by atoms with van der Waals surface area (Å²) >= 11 is 1.84. The molecule has 0 spiro atoms. The van der Waals surface area contributed by atoms with Crippen molar-refractivity contribution >= 4 is 11.3 Å². The Bertz CT molecular complexity index is 371. The van der Waals surface area contributed by atoms with Gasteiger partial charge in [-0.25, -0.2) is 0 Å². The van der Waals surface area contributed by atoms with Crippen LogP contribution in [0.1, 0.15) is 29.2 Å². The van der Waals surface area contributed by atoms with Gasteiger partial charge in [-0.15, -0.1) is 11.3 Å². The fraction of sp³-hybridized carbons (Fsp3) is 0.733. The quantitative estimate of drug-likeness (QED) is 0.796. The maximum atomic E-state index is 5.73. The summed E-state index contributed by atoms with van der Waals surface area (Å²) in [7, 11) is 4.27. The van der Waals surface area contributed by atoms with E-state index in [0.717, 1.165) is 26.2 Å². The molecule has 0 amide bonds. The third-order valence-electron chi connectivity index (χ3n) is 3.15. The number of hydrogen-bond donors (Lipinski definition) is 1. The van der Waals surface area contributed by atoms with Gasteiger partial charge in [-0.1, -0.05) is 13.8 Å². The normalized spacial score (nSPS) is 12.1. The van der Waals surface area contributed by atoms with E-state index in [-0.39, 0.29) is 0 Å². The number of thiophene rings is 1. The van der Waals surface area contributed by atoms with Gasteiger partial charge in [-0.3, -0.25) is 4.90 Å². The minimum absolute atomic E-state index is 0.660. The Labute approximate surface area is 122 Å². The standard InChI is InChI=1S/C15H29N3S/c1-12(2)10-18(7-6-17(4)5)11-14-8-15(9-16)19-13(14)3/h8,12H,6-7,9-11,16H2,1-5H3. The summed E-state index contributed by atoms with van der Waals surface area (Å²) in [6, 6.07) is 2.28. The van der Waals surface area contributed by atoms with Gasteiger partial charge in [-0.05, 0) is 38.6 Å². The average molecular weight is 283 g/mol. The monoisotopic (exact) mass is 283 g/mol. The Kier molecular flexibility index (Phi) is 7.00. The highest BCUT2D eigenvalue weighted by atomic mass is 32.1. The van der Waals surface area contributed by atoms with Crippen molar-refractivity contribution in [2.24, 2.45) is 11.7 Å². The van der Waals surface area contributed by atoms with Crippen LogP contribution in [0.25, 0.3) is 0 Å². The lowest BCUT2D eigenvalue weighted by Gasteiger charge is -2.25. The highest BCUT2D eigenvalue weighted by Crippen LogP contribution is 2.22. The van der Waals surface area contributed by atoms with Gasteiger partial charge in [-0.2, -0.15) is 0 Å². The van der Waals surface area contributed by atoms with Crippen molar-refractivity contribution in [3.8, 4) is 0 Å². The lowest BCUT2D eigenvalue weighted by molar-refractivity contribution is 0.211. The Morgan fingerprint density at radius 2 is 1.95 bits per heavy atom. The topological polar surface area (TPSA) is 32.5 Å². The van der Waals surface area contributed by atoms with Crippen molar-refractivity contribution in [2.75, 3.05) is 33.7 Å². The molecule has 1 aromatic rings. The molecule has 19 heavy (non-hydrogen) atoms. The molecule has 1 aromatic heterocycles. The van der Waals surface area contributed by atoms with E-state index in [1.54, 1.807) is 0 Å². The predicted octanol–water partition coefficient (Wildman–Crippen LogP) is 2.53. The molecule has 0 atom stereocenters. The van der Waals surface area contributed by atoms with E-state index in [9.17, 15) is 0 Å². The Hall–Kier alpha value is -0.420. The number of aryl methyl sites for hydroxylation is 1. The van der Waals surface area contributed by atoms with Crippen molar-refractivity contribution in [3.05, 3.63) is 21.4 Å². The summed E-state index contributed by atoms with van der Waals surface area (Å²) in [4.78, 5) is 7.52. The van der Waals surface area contributed by atoms with Gasteiger partial charge in [0.2, 0.25) is 0 Å². The molecule has 2 N–H and O–H groups in total. The zero-order valence-electron chi connectivity index (χ0n) is 13.1. The SMILES string of the molecule is Cc1sc(CN)cc1CN(CCN(C)C)CC(C)C. The molecule has 0 radical (unpaired) electrons. The molecule has 0 aliphatic rings. The number of rotatable bonds is 8. The zero-order valence-corrected chi connectivity index (χ0v) is 13.9. The van der Waals surface area contributed by atoms with E-state index in [0.29, 0.717) is 12.5 Å². The van der Waals surface area contributed by atoms with E-state index < -0.39 is 0 Å². The lowest BCUT2D eigenvalue weighted by atomic mass is 10.1. The smallest absolute Gasteiger partial charge is 0.0274 e. The molecule has 0 saturated carbocycles. The third kappa shape index (κ3) is 6.04. The molecule has 0 fully saturated rings. The fourth-order valence-electron chi connectivity index (χ4n) is 2.18. The second-order valence-corrected chi connectivity index (χ2v) is 7.27. The van der Waals surface area contributed by atoms with Gasteiger partial charge in [0.15, 0.2) is 0 Å². The summed E-state index contributed by atoms with van der Waals surface area (Å²) in [5.74, 6) is 0.704. The molecule has 1 rings (SSSR count). The van der Waals surface area contributed by atoms with Gasteiger partial charge in [0.05, 0.1) is 0 Å². The number of hydrogen-bond acceptors (Lipinski definition) is 4. The van der Waals surface area contributed by atoms with Crippen LogP contribution in [-0.2, 0) is 13.1 Å². The second kappa shape index (κ2) is 8.00. The highest BCUT2D eigenvalue weighted by molar-refractivity contribution is 7.12. The minimum Gasteiger partial charge on any atom is -0.326 e. The number of nitrogens with two attached hydrogens (primary N) is 1. The second-order valence-electron chi connectivity index (χ2n) is 5.93. The first-order chi connectivity index (χ1) is 8.92. The van der Waals surface area contributed by atoms with E-state index in [1.165, 1.54) is 15.3 Å². The molecule has 0 aliphatic carbocycles. The number of likely N-dealkylation sites (N-methyl/N-ethyl adjacent to an activating group) is 1. The third-order valence-corrected chi connectivity index (χ3v) is 4.27. The summed E-state index contributed by atoms with van der Waals surface area (Å²) in [6.45, 7) is 11.9. The maximum Gasteiger partial charge on any atom is 0.0274 e. The zero-order chi connectivity index (χ0) is 14.4. The molecule has 4 heteroatoms. The van der Waals surface area contributed by atoms with Gasteiger partial charge in [0.25, 0.3) is 0 Å². The van der Waals surface area contributed by atoms with Gasteiger partial charge in [0.1, 0.15) is 0 Å². The molecule has 110 valence electrons. The van der Waals surface area contributed by atoms with Crippen LogP contribution >= 0.6 is 11.3 Å². The molecule has 0 unspecified atom stereocenters. The van der Waals surface area contributed by atoms with Crippen LogP contribution in [0, 0.1) is 12.8 Å². The summed E-state index contributed by atoms with van der Waals surface area (Å²) in [6.07, 6.45) is 0. The minimum atomic E-state index is 0.660. The number of nitrogens with zero attached hydrogens (tertiary/aromatic N) is 2. The molecule has 1 heterocycles. The van der Waals surface area contributed by atoms with Crippen molar-refractivity contribution < 1.29 is 0 Å². The highest BCUT2D eigenvalue weighted by Gasteiger charge is 2.12. The van der Waals surface area contributed by atoms with Crippen LogP contribution in [0.5, 0.6) is 0 Å². The van der Waals surface area contributed by atoms with Gasteiger partial charge < -0.3 is 10.6 Å². The van der Waals surface area contributed by atoms with Crippen molar-refractivity contribution in [1.29, 1.82) is 0 Å². The summed E-state index contributed by atoms with van der Waals surface area (Å²) in [5.41, 5.74) is 7.18. The first kappa shape index (κ1) is 16.6. The van der Waals surface area contributed by atoms with Gasteiger partial charge in [0, 0.05) is 42.5 Å². The van der Waals surface area contributed by atoms with Crippen molar-refractivity contribution in [1.82, 2.24) is 9.80 Å². The molecule has 0 aliphatic heterocycles. The molecule has 0 bridgehead atoms. The van der Waals surface area contributed by atoms with E-state index >= 15 is 0 Å². The van der Waals surface area contributed by atoms with E-state index in [2.05, 4.69) is 50.7 Å². The molecule has 3 nitrogen and oxygen atoms in total. The molecule has 0 aromatic carbocycles. The molecular weight excluding hydrogens is 254 g/mol. The van der Waals surface area contributed by atoms with Crippen molar-refractivity contribution in [3.63, 3.8) is 0 Å². The van der Waals surface area contributed by atoms with Gasteiger partial charge >= 0.3 is 0 Å². The first-order valence-electron chi connectivity index (χ1n) is 7.07. The van der Waals surface area contributed by atoms with Crippen molar-refractivity contribution in [2.45, 2.75) is 33.9 Å². The van der Waals surface area contributed by atoms with Crippen LogP contribution in [0.2, 0.25) is 0 Å². The first-order valence-corrected chi connectivity index (χ1v) is 7.89. The molecule has 0 saturated heterocycles. The molecular formula is C15H29N3S. The predicted molar refractivity (Wildman–Crippen MR) is 85.6 cm³/mol. The van der Waals surface area contributed by atoms with E-state index in [1.807, 2.05) is 11.3 Å².